The maximum absolute atomic E-state index is 14.1. The van der Waals surface area contributed by atoms with Crippen LogP contribution in [0.5, 0.6) is 17.2 Å². The van der Waals surface area contributed by atoms with E-state index in [9.17, 15) is 9.59 Å². The first-order chi connectivity index (χ1) is 23.8. The van der Waals surface area contributed by atoms with E-state index in [2.05, 4.69) is 15.5 Å². The molecule has 0 saturated carbocycles. The number of benzene rings is 3. The Morgan fingerprint density at radius 3 is 2.49 bits per heavy atom. The van der Waals surface area contributed by atoms with Crippen molar-refractivity contribution in [2.45, 2.75) is 38.0 Å². The van der Waals surface area contributed by atoms with Crippen LogP contribution < -0.4 is 19.5 Å². The molecule has 252 valence electrons. The van der Waals surface area contributed by atoms with Crippen molar-refractivity contribution >= 4 is 29.3 Å². The lowest BCUT2D eigenvalue weighted by Gasteiger charge is -2.24. The minimum absolute atomic E-state index is 0.0178. The summed E-state index contributed by atoms with van der Waals surface area (Å²) >= 11 is 1.25. The highest BCUT2D eigenvalue weighted by Gasteiger charge is 2.36. The Morgan fingerprint density at radius 2 is 1.78 bits per heavy atom. The number of aryl methyl sites for hydroxylation is 2. The van der Waals surface area contributed by atoms with Gasteiger partial charge in [-0.1, -0.05) is 36.0 Å². The van der Waals surface area contributed by atoms with Crippen LogP contribution in [0.25, 0.3) is 5.69 Å². The average molecular weight is 681 g/mol. The summed E-state index contributed by atoms with van der Waals surface area (Å²) in [6, 6.07) is 22.1. The van der Waals surface area contributed by atoms with Crippen LogP contribution in [0.4, 0.5) is 0 Å². The Bertz CT molecular complexity index is 1990. The summed E-state index contributed by atoms with van der Waals surface area (Å²) in [6.07, 6.45) is 1.91. The molecule has 1 N–H and O–H groups in total. The maximum atomic E-state index is 14.1. The van der Waals surface area contributed by atoms with Crippen molar-refractivity contribution < 1.29 is 28.2 Å². The van der Waals surface area contributed by atoms with E-state index < -0.39 is 6.04 Å². The molecular weight excluding hydrogens is 644 g/mol. The van der Waals surface area contributed by atoms with Crippen LogP contribution in [0, 0.1) is 13.8 Å². The summed E-state index contributed by atoms with van der Waals surface area (Å²) in [5, 5.41) is 18.6. The van der Waals surface area contributed by atoms with E-state index in [1.54, 1.807) is 33.5 Å². The van der Waals surface area contributed by atoms with Gasteiger partial charge in [0, 0.05) is 12.0 Å². The van der Waals surface area contributed by atoms with Gasteiger partial charge >= 0.3 is 0 Å². The van der Waals surface area contributed by atoms with Crippen LogP contribution in [0.2, 0.25) is 0 Å². The molecule has 5 aromatic rings. The Balaban J connectivity index is 1.30. The zero-order valence-electron chi connectivity index (χ0n) is 27.8. The summed E-state index contributed by atoms with van der Waals surface area (Å²) in [7, 11) is 4.78. The number of ether oxygens (including phenoxy) is 3. The topological polar surface area (TPSA) is 133 Å². The summed E-state index contributed by atoms with van der Waals surface area (Å²) in [5.41, 5.74) is 5.29. The third-order valence-corrected chi connectivity index (χ3v) is 9.08. The third kappa shape index (κ3) is 7.02. The lowest BCUT2D eigenvalue weighted by Crippen LogP contribution is -2.29. The highest BCUT2D eigenvalue weighted by molar-refractivity contribution is 7.99. The first-order valence-electron chi connectivity index (χ1n) is 15.5. The Kier molecular flexibility index (Phi) is 10.00. The van der Waals surface area contributed by atoms with Crippen molar-refractivity contribution in [3.8, 4) is 22.9 Å². The molecule has 0 aliphatic carbocycles. The Hall–Kier alpha value is -5.56. The van der Waals surface area contributed by atoms with Gasteiger partial charge < -0.3 is 23.9 Å². The van der Waals surface area contributed by atoms with Gasteiger partial charge in [-0.05, 0) is 79.1 Å². The molecule has 2 aromatic heterocycles. The molecule has 13 heteroatoms. The first-order valence-corrected chi connectivity index (χ1v) is 16.5. The van der Waals surface area contributed by atoms with Gasteiger partial charge in [0.1, 0.15) is 5.75 Å². The van der Waals surface area contributed by atoms with Crippen molar-refractivity contribution in [2.24, 2.45) is 5.10 Å². The summed E-state index contributed by atoms with van der Waals surface area (Å²) in [6.45, 7) is 4.08. The SMILES string of the molecule is COc1ccc(C2=NN(C(=O)CSc3nnc(CNC(=O)c4ccco4)n3-c3cc(C)ccc3C)C(c3cccc(OC)c3OC)C2)cc1. The van der Waals surface area contributed by atoms with E-state index in [-0.39, 0.29) is 29.9 Å². The molecule has 3 aromatic carbocycles. The molecule has 6 rings (SSSR count). The van der Waals surface area contributed by atoms with Gasteiger partial charge in [-0.2, -0.15) is 5.10 Å². The zero-order valence-corrected chi connectivity index (χ0v) is 28.6. The summed E-state index contributed by atoms with van der Waals surface area (Å²) < 4.78 is 23.8. The largest absolute Gasteiger partial charge is 0.497 e. The standard InChI is InChI=1S/C36H36N6O6S/c1-22-11-12-23(2)28(18-22)41-32(20-37-35(44)31-10-7-17-48-31)38-39-36(41)49-21-33(43)42-29(26-8-6-9-30(46-4)34(26)47-5)19-27(40-42)24-13-15-25(45-3)16-14-24/h6-18,29H,19-21H2,1-5H3,(H,37,44). The van der Waals surface area contributed by atoms with E-state index >= 15 is 0 Å². The minimum Gasteiger partial charge on any atom is -0.497 e. The van der Waals surface area contributed by atoms with Crippen molar-refractivity contribution in [3.05, 3.63) is 113 Å². The van der Waals surface area contributed by atoms with Crippen LogP contribution in [0.15, 0.2) is 93.7 Å². The fourth-order valence-corrected chi connectivity index (χ4v) is 6.49. The second-order valence-electron chi connectivity index (χ2n) is 11.3. The van der Waals surface area contributed by atoms with Gasteiger partial charge in [-0.3, -0.25) is 14.2 Å². The van der Waals surface area contributed by atoms with Gasteiger partial charge in [-0.25, -0.2) is 5.01 Å². The minimum atomic E-state index is -0.445. The van der Waals surface area contributed by atoms with Crippen LogP contribution in [0.1, 0.15) is 51.1 Å². The number of hydrogen-bond donors (Lipinski definition) is 1. The Morgan fingerprint density at radius 1 is 0.959 bits per heavy atom. The number of rotatable bonds is 12. The van der Waals surface area contributed by atoms with Gasteiger partial charge in [0.15, 0.2) is 28.2 Å². The first kappa shape index (κ1) is 33.3. The molecule has 2 amide bonds. The molecule has 0 bridgehead atoms. The quantitative estimate of drug-likeness (QED) is 0.160. The molecule has 3 heterocycles. The Labute approximate surface area is 288 Å². The lowest BCUT2D eigenvalue weighted by molar-refractivity contribution is -0.130. The molecule has 0 spiro atoms. The van der Waals surface area contributed by atoms with E-state index in [0.717, 1.165) is 39.4 Å². The number of methoxy groups -OCH3 is 3. The monoisotopic (exact) mass is 680 g/mol. The number of nitrogens with zero attached hydrogens (tertiary/aromatic N) is 5. The molecule has 1 aliphatic heterocycles. The van der Waals surface area contributed by atoms with E-state index in [4.69, 9.17) is 23.7 Å². The van der Waals surface area contributed by atoms with E-state index in [0.29, 0.717) is 28.9 Å². The summed E-state index contributed by atoms with van der Waals surface area (Å²) in [5.74, 6) is 1.95. The highest BCUT2D eigenvalue weighted by atomic mass is 32.2. The number of thioether (sulfide) groups is 1. The molecule has 0 saturated heterocycles. The van der Waals surface area contributed by atoms with Crippen LogP contribution >= 0.6 is 11.8 Å². The molecular formula is C36H36N6O6S. The number of carbonyl (C=O) groups excluding carboxylic acids is 2. The van der Waals surface area contributed by atoms with Gasteiger partial charge in [0.25, 0.3) is 11.8 Å². The number of hydrazone groups is 1. The predicted octanol–water partition coefficient (Wildman–Crippen LogP) is 5.90. The average Bonchev–Trinajstić information content (AvgIpc) is 3.91. The van der Waals surface area contributed by atoms with Gasteiger partial charge in [-0.15, -0.1) is 10.2 Å². The van der Waals surface area contributed by atoms with Gasteiger partial charge in [0.2, 0.25) is 0 Å². The van der Waals surface area contributed by atoms with Crippen LogP contribution in [-0.4, -0.2) is 64.4 Å². The second kappa shape index (κ2) is 14.7. The van der Waals surface area contributed by atoms with Gasteiger partial charge in [0.05, 0.1) is 57.3 Å². The predicted molar refractivity (Wildman–Crippen MR) is 185 cm³/mol. The number of amides is 2. The molecule has 0 radical (unpaired) electrons. The maximum Gasteiger partial charge on any atom is 0.287 e. The van der Waals surface area contributed by atoms with Crippen molar-refractivity contribution in [1.82, 2.24) is 25.1 Å². The number of aromatic nitrogens is 3. The van der Waals surface area contributed by atoms with Crippen LogP contribution in [-0.2, 0) is 11.3 Å². The third-order valence-electron chi connectivity index (χ3n) is 8.16. The van der Waals surface area contributed by atoms with Crippen LogP contribution in [0.3, 0.4) is 0 Å². The smallest absolute Gasteiger partial charge is 0.287 e. The number of hydrogen-bond acceptors (Lipinski definition) is 10. The molecule has 1 unspecified atom stereocenters. The number of para-hydroxylation sites is 1. The zero-order chi connectivity index (χ0) is 34.5. The molecule has 1 aliphatic rings. The lowest BCUT2D eigenvalue weighted by atomic mass is 9.97. The highest BCUT2D eigenvalue weighted by Crippen LogP contribution is 2.42. The number of nitrogens with one attached hydrogen (secondary N) is 1. The van der Waals surface area contributed by atoms with E-state index in [1.165, 1.54) is 23.0 Å². The normalized spacial score (nSPS) is 14.0. The second-order valence-corrected chi connectivity index (χ2v) is 12.2. The molecule has 49 heavy (non-hydrogen) atoms. The number of furan rings is 1. The van der Waals surface area contributed by atoms with Crippen molar-refractivity contribution in [2.75, 3.05) is 27.1 Å². The van der Waals surface area contributed by atoms with Crippen molar-refractivity contribution in [1.29, 1.82) is 0 Å². The molecule has 0 fully saturated rings. The molecule has 12 nitrogen and oxygen atoms in total. The fourth-order valence-electron chi connectivity index (χ4n) is 5.67. The summed E-state index contributed by atoms with van der Waals surface area (Å²) in [4.78, 5) is 26.8. The number of carbonyl (C=O) groups is 2. The van der Waals surface area contributed by atoms with Crippen molar-refractivity contribution in [3.63, 3.8) is 0 Å². The molecule has 1 atom stereocenters. The fraction of sp³-hybridized carbons (Fsp3) is 0.250. The van der Waals surface area contributed by atoms with E-state index in [1.807, 2.05) is 79.1 Å².